The molecule has 5 nitrogen and oxygen atoms in total. The fraction of sp³-hybridized carbons (Fsp3) is 0.467. The van der Waals surface area contributed by atoms with Crippen LogP contribution in [0.25, 0.3) is 0 Å². The minimum atomic E-state index is -0.629. The van der Waals surface area contributed by atoms with Crippen molar-refractivity contribution in [2.24, 2.45) is 11.7 Å². The maximum atomic E-state index is 13.3. The lowest BCUT2D eigenvalue weighted by Crippen LogP contribution is -2.47. The molecule has 1 aromatic carbocycles. The molecule has 116 valence electrons. The van der Waals surface area contributed by atoms with E-state index >= 15 is 0 Å². The van der Waals surface area contributed by atoms with E-state index in [-0.39, 0.29) is 30.1 Å². The molecule has 0 aromatic heterocycles. The normalized spacial score (nSPS) is 12.0. The number of hydrogen-bond acceptors (Lipinski definition) is 3. The lowest BCUT2D eigenvalue weighted by atomic mass is 10.1. The molecule has 0 bridgehead atoms. The average molecular weight is 295 g/mol. The van der Waals surface area contributed by atoms with Crippen molar-refractivity contribution in [2.75, 3.05) is 13.1 Å². The topological polar surface area (TPSA) is 84.2 Å². The number of carbonyl (C=O) groups is 2. The molecule has 2 amide bonds. The molecule has 21 heavy (non-hydrogen) atoms. The van der Waals surface area contributed by atoms with E-state index in [1.807, 2.05) is 13.8 Å². The van der Waals surface area contributed by atoms with Gasteiger partial charge in [0.25, 0.3) is 0 Å². The third kappa shape index (κ3) is 5.91. The Kier molecular flexibility index (Phi) is 6.81. The molecule has 0 radical (unpaired) electrons. The zero-order chi connectivity index (χ0) is 15.8. The van der Waals surface area contributed by atoms with Crippen molar-refractivity contribution in [2.45, 2.75) is 26.3 Å². The van der Waals surface area contributed by atoms with Gasteiger partial charge < -0.3 is 16.4 Å². The lowest BCUT2D eigenvalue weighted by Gasteiger charge is -2.15. The summed E-state index contributed by atoms with van der Waals surface area (Å²) in [6, 6.07) is 5.78. The minimum Gasteiger partial charge on any atom is -0.354 e. The molecule has 1 aromatic rings. The Hall–Kier alpha value is -1.95. The molecule has 1 atom stereocenters. The number of nitrogens with one attached hydrogen (secondary N) is 2. The maximum absolute atomic E-state index is 13.3. The first-order valence-corrected chi connectivity index (χ1v) is 6.95. The van der Waals surface area contributed by atoms with Crippen LogP contribution in [0.4, 0.5) is 4.39 Å². The van der Waals surface area contributed by atoms with Crippen molar-refractivity contribution in [1.82, 2.24) is 10.6 Å². The second kappa shape index (κ2) is 8.36. The summed E-state index contributed by atoms with van der Waals surface area (Å²) >= 11 is 0. The Morgan fingerprint density at radius 1 is 1.24 bits per heavy atom. The Morgan fingerprint density at radius 2 is 1.90 bits per heavy atom. The highest BCUT2D eigenvalue weighted by Gasteiger charge is 2.17. The molecule has 0 spiro atoms. The Balaban J connectivity index is 2.26. The van der Waals surface area contributed by atoms with Gasteiger partial charge in [0.1, 0.15) is 5.82 Å². The van der Waals surface area contributed by atoms with Crippen LogP contribution in [-0.4, -0.2) is 30.9 Å². The molecule has 0 fully saturated rings. The van der Waals surface area contributed by atoms with Crippen molar-refractivity contribution < 1.29 is 14.0 Å². The molecular weight excluding hydrogens is 273 g/mol. The Labute approximate surface area is 124 Å². The summed E-state index contributed by atoms with van der Waals surface area (Å²) in [6.07, 6.45) is 0.401. The first-order valence-electron chi connectivity index (χ1n) is 6.95. The van der Waals surface area contributed by atoms with Crippen LogP contribution in [0, 0.1) is 11.7 Å². The van der Waals surface area contributed by atoms with Crippen LogP contribution >= 0.6 is 0 Å². The van der Waals surface area contributed by atoms with Gasteiger partial charge in [-0.15, -0.1) is 0 Å². The number of hydrogen-bond donors (Lipinski definition) is 3. The number of amides is 2. The van der Waals surface area contributed by atoms with Crippen LogP contribution in [0.3, 0.4) is 0 Å². The second-order valence-electron chi connectivity index (χ2n) is 5.18. The minimum absolute atomic E-state index is 0.00844. The summed E-state index contributed by atoms with van der Waals surface area (Å²) < 4.78 is 13.3. The van der Waals surface area contributed by atoms with Gasteiger partial charge in [0.05, 0.1) is 12.6 Å². The van der Waals surface area contributed by atoms with E-state index in [1.165, 1.54) is 6.07 Å². The monoisotopic (exact) mass is 295 g/mol. The zero-order valence-corrected chi connectivity index (χ0v) is 12.4. The molecular formula is C15H22FN3O2. The molecule has 0 aliphatic heterocycles. The van der Waals surface area contributed by atoms with Crippen LogP contribution in [0.15, 0.2) is 24.3 Å². The third-order valence-electron chi connectivity index (χ3n) is 3.12. The van der Waals surface area contributed by atoms with Crippen molar-refractivity contribution >= 4 is 11.8 Å². The fourth-order valence-electron chi connectivity index (χ4n) is 1.69. The van der Waals surface area contributed by atoms with Crippen LogP contribution < -0.4 is 16.4 Å². The van der Waals surface area contributed by atoms with Gasteiger partial charge >= 0.3 is 0 Å². The SMILES string of the molecule is CC(C)[C@H](N)C(=O)NCC(=O)NCCc1ccccc1F. The first-order chi connectivity index (χ1) is 9.91. The van der Waals surface area contributed by atoms with E-state index < -0.39 is 6.04 Å². The molecule has 0 saturated heterocycles. The van der Waals surface area contributed by atoms with Crippen LogP contribution in [0.1, 0.15) is 19.4 Å². The van der Waals surface area contributed by atoms with Gasteiger partial charge in [0.2, 0.25) is 11.8 Å². The number of nitrogens with two attached hydrogens (primary N) is 1. The molecule has 0 unspecified atom stereocenters. The van der Waals surface area contributed by atoms with Gasteiger partial charge in [-0.25, -0.2) is 4.39 Å². The standard InChI is InChI=1S/C15H22FN3O2/c1-10(2)14(17)15(21)19-9-13(20)18-8-7-11-5-3-4-6-12(11)16/h3-6,10,14H,7-9,17H2,1-2H3,(H,18,20)(H,19,21)/t14-/m0/s1. The van der Waals surface area contributed by atoms with Crippen molar-refractivity contribution in [3.63, 3.8) is 0 Å². The van der Waals surface area contributed by atoms with E-state index in [1.54, 1.807) is 18.2 Å². The van der Waals surface area contributed by atoms with Gasteiger partial charge in [-0.3, -0.25) is 9.59 Å². The van der Waals surface area contributed by atoms with E-state index in [0.29, 0.717) is 18.5 Å². The van der Waals surface area contributed by atoms with Crippen LogP contribution in [0.5, 0.6) is 0 Å². The van der Waals surface area contributed by atoms with Gasteiger partial charge in [0.15, 0.2) is 0 Å². The maximum Gasteiger partial charge on any atom is 0.239 e. The summed E-state index contributed by atoms with van der Waals surface area (Å²) in [5, 5.41) is 5.09. The molecule has 0 heterocycles. The van der Waals surface area contributed by atoms with Crippen molar-refractivity contribution in [1.29, 1.82) is 0 Å². The van der Waals surface area contributed by atoms with Crippen molar-refractivity contribution in [3.8, 4) is 0 Å². The molecule has 0 aliphatic rings. The van der Waals surface area contributed by atoms with Crippen molar-refractivity contribution in [3.05, 3.63) is 35.6 Å². The quantitative estimate of drug-likeness (QED) is 0.688. The van der Waals surface area contributed by atoms with Crippen LogP contribution in [-0.2, 0) is 16.0 Å². The van der Waals surface area contributed by atoms with Crippen LogP contribution in [0.2, 0.25) is 0 Å². The van der Waals surface area contributed by atoms with Gasteiger partial charge in [-0.2, -0.15) is 0 Å². The molecule has 1 rings (SSSR count). The highest BCUT2D eigenvalue weighted by Crippen LogP contribution is 2.06. The van der Waals surface area contributed by atoms with E-state index in [0.717, 1.165) is 0 Å². The van der Waals surface area contributed by atoms with E-state index in [2.05, 4.69) is 10.6 Å². The number of carbonyl (C=O) groups excluding carboxylic acids is 2. The third-order valence-corrected chi connectivity index (χ3v) is 3.12. The molecule has 0 aliphatic carbocycles. The lowest BCUT2D eigenvalue weighted by molar-refractivity contribution is -0.127. The van der Waals surface area contributed by atoms with E-state index in [9.17, 15) is 14.0 Å². The summed E-state index contributed by atoms with van der Waals surface area (Å²) in [7, 11) is 0. The average Bonchev–Trinajstić information content (AvgIpc) is 2.45. The summed E-state index contributed by atoms with van der Waals surface area (Å²) in [4.78, 5) is 23.1. The highest BCUT2D eigenvalue weighted by molar-refractivity contribution is 5.87. The van der Waals surface area contributed by atoms with Gasteiger partial charge in [0, 0.05) is 6.54 Å². The fourth-order valence-corrected chi connectivity index (χ4v) is 1.69. The first kappa shape index (κ1) is 17.1. The van der Waals surface area contributed by atoms with E-state index in [4.69, 9.17) is 5.73 Å². The molecule has 0 saturated carbocycles. The number of benzene rings is 1. The highest BCUT2D eigenvalue weighted by atomic mass is 19.1. The van der Waals surface area contributed by atoms with Gasteiger partial charge in [-0.05, 0) is 24.0 Å². The zero-order valence-electron chi connectivity index (χ0n) is 12.4. The smallest absolute Gasteiger partial charge is 0.239 e. The largest absolute Gasteiger partial charge is 0.354 e. The number of rotatable bonds is 7. The summed E-state index contributed by atoms with van der Waals surface area (Å²) in [6.45, 7) is 3.85. The predicted molar refractivity (Wildman–Crippen MR) is 78.9 cm³/mol. The predicted octanol–water partition coefficient (Wildman–Crippen LogP) is 0.584. The summed E-state index contributed by atoms with van der Waals surface area (Å²) in [5.41, 5.74) is 6.20. The second-order valence-corrected chi connectivity index (χ2v) is 5.18. The number of halogens is 1. The summed E-state index contributed by atoms with van der Waals surface area (Å²) in [5.74, 6) is -0.957. The molecule has 4 N–H and O–H groups in total. The molecule has 6 heteroatoms. The van der Waals surface area contributed by atoms with Gasteiger partial charge in [-0.1, -0.05) is 32.0 Å². The Morgan fingerprint density at radius 3 is 2.52 bits per heavy atom. The Bertz CT molecular complexity index is 492.